The second-order valence-electron chi connectivity index (χ2n) is 9.86. The number of carboxylic acids is 1. The van der Waals surface area contributed by atoms with Gasteiger partial charge in [-0.15, -0.1) is 0 Å². The lowest BCUT2D eigenvalue weighted by atomic mass is 9.99. The van der Waals surface area contributed by atoms with Crippen molar-refractivity contribution >= 4 is 29.5 Å². The summed E-state index contributed by atoms with van der Waals surface area (Å²) in [6, 6.07) is 13.1. The third kappa shape index (κ3) is 5.05. The molecule has 3 unspecified atom stereocenters. The van der Waals surface area contributed by atoms with Crippen LogP contribution in [0.25, 0.3) is 0 Å². The fourth-order valence-electron chi connectivity index (χ4n) is 5.51. The van der Waals surface area contributed by atoms with Gasteiger partial charge in [0.05, 0.1) is 11.1 Å². The van der Waals surface area contributed by atoms with Crippen LogP contribution >= 0.6 is 11.8 Å². The Morgan fingerprint density at radius 2 is 1.76 bits per heavy atom. The van der Waals surface area contributed by atoms with E-state index in [9.17, 15) is 25.2 Å². The van der Waals surface area contributed by atoms with Crippen molar-refractivity contribution < 1.29 is 14.7 Å². The van der Waals surface area contributed by atoms with Crippen molar-refractivity contribution in [3.05, 3.63) is 52.6 Å². The first-order chi connectivity index (χ1) is 18.4. The number of carbonyl (C=O) groups is 2. The average molecular weight is 532 g/mol. The highest BCUT2D eigenvalue weighted by molar-refractivity contribution is 8.00. The Morgan fingerprint density at radius 1 is 1.08 bits per heavy atom. The van der Waals surface area contributed by atoms with Gasteiger partial charge in [-0.1, -0.05) is 42.1 Å². The maximum atomic E-state index is 12.5. The summed E-state index contributed by atoms with van der Waals surface area (Å²) in [4.78, 5) is 33.2. The van der Waals surface area contributed by atoms with Crippen molar-refractivity contribution in [2.75, 3.05) is 37.6 Å². The molecule has 3 atom stereocenters. The normalized spacial score (nSPS) is 22.4. The minimum atomic E-state index is -0.839. The molecule has 1 aromatic heterocycles. The van der Waals surface area contributed by atoms with Crippen LogP contribution in [0, 0.1) is 22.7 Å². The van der Waals surface area contributed by atoms with E-state index in [0.717, 1.165) is 36.6 Å². The highest BCUT2D eigenvalue weighted by Crippen LogP contribution is 2.48. The number of amides is 1. The summed E-state index contributed by atoms with van der Waals surface area (Å²) in [7, 11) is 0. The zero-order valence-corrected chi connectivity index (χ0v) is 21.7. The Morgan fingerprint density at radius 3 is 2.34 bits per heavy atom. The van der Waals surface area contributed by atoms with Gasteiger partial charge in [-0.2, -0.15) is 10.5 Å². The lowest BCUT2D eigenvalue weighted by Crippen LogP contribution is -2.55. The van der Waals surface area contributed by atoms with Gasteiger partial charge in [-0.25, -0.2) is 4.98 Å². The van der Waals surface area contributed by atoms with Gasteiger partial charge in [-0.3, -0.25) is 14.5 Å². The third-order valence-electron chi connectivity index (χ3n) is 7.52. The number of hydrogen-bond donors (Lipinski definition) is 3. The Labute approximate surface area is 225 Å². The Balaban J connectivity index is 1.48. The first-order valence-electron chi connectivity index (χ1n) is 12.8. The Bertz CT molecular complexity index is 1310. The highest BCUT2D eigenvalue weighted by atomic mass is 32.2. The quantitative estimate of drug-likeness (QED) is 0.430. The number of thioether (sulfide) groups is 1. The molecule has 2 saturated heterocycles. The number of carboxylic acid groups (broad SMARTS) is 1. The molecule has 10 nitrogen and oxygen atoms in total. The van der Waals surface area contributed by atoms with Crippen LogP contribution in [0.1, 0.15) is 52.7 Å². The van der Waals surface area contributed by atoms with Crippen molar-refractivity contribution in [2.45, 2.75) is 47.5 Å². The minimum absolute atomic E-state index is 0.0747. The van der Waals surface area contributed by atoms with Crippen LogP contribution in [0.5, 0.6) is 0 Å². The smallest absolute Gasteiger partial charge is 0.322 e. The predicted octanol–water partition coefficient (Wildman–Crippen LogP) is 1.96. The van der Waals surface area contributed by atoms with E-state index in [2.05, 4.69) is 22.4 Å². The van der Waals surface area contributed by atoms with Crippen LogP contribution in [-0.2, 0) is 9.59 Å². The van der Waals surface area contributed by atoms with Gasteiger partial charge in [0.15, 0.2) is 0 Å². The fraction of sp³-hybridized carbons (Fsp3) is 0.444. The zero-order valence-electron chi connectivity index (χ0n) is 20.8. The molecule has 2 aromatic rings. The summed E-state index contributed by atoms with van der Waals surface area (Å²) in [5.41, 5.74) is 7.98. The second kappa shape index (κ2) is 11.0. The number of anilines is 1. The number of hydrogen-bond acceptors (Lipinski definition) is 9. The van der Waals surface area contributed by atoms with E-state index < -0.39 is 23.2 Å². The van der Waals surface area contributed by atoms with E-state index in [1.807, 2.05) is 35.2 Å². The molecule has 1 aromatic carbocycles. The van der Waals surface area contributed by atoms with E-state index in [1.54, 1.807) is 0 Å². The maximum Gasteiger partial charge on any atom is 0.322 e. The number of nitrogens with two attached hydrogens (primary N) is 1. The number of pyridine rings is 1. The van der Waals surface area contributed by atoms with Crippen LogP contribution in [-0.4, -0.2) is 71.7 Å². The molecule has 3 heterocycles. The van der Waals surface area contributed by atoms with Crippen molar-refractivity contribution in [3.63, 3.8) is 0 Å². The van der Waals surface area contributed by atoms with Gasteiger partial charge in [0, 0.05) is 32.2 Å². The molecule has 0 spiro atoms. The van der Waals surface area contributed by atoms with Crippen molar-refractivity contribution in [3.8, 4) is 12.1 Å². The van der Waals surface area contributed by atoms with Crippen LogP contribution in [0.2, 0.25) is 0 Å². The van der Waals surface area contributed by atoms with E-state index in [4.69, 9.17) is 10.7 Å². The Hall–Kier alpha value is -3.64. The highest BCUT2D eigenvalue weighted by Gasteiger charge is 2.39. The summed E-state index contributed by atoms with van der Waals surface area (Å²) in [5, 5.41) is 32.6. The standard InChI is InChI=1S/C27H29N7O3S/c28-14-18-21(16-6-7-16)19(15-29)26(38-23(24(30)35)17-4-2-1-3-5-17)32-25(18)34-12-10-33(11-13-34)20-8-9-31-22(20)27(36)37/h1-5,16,20,22-23,31H,6-13H2,(H2,30,35)(H,36,37). The molecule has 1 saturated carbocycles. The molecule has 11 heteroatoms. The number of carbonyl (C=O) groups excluding carboxylic acids is 1. The monoisotopic (exact) mass is 531 g/mol. The van der Waals surface area contributed by atoms with Gasteiger partial charge in [0.2, 0.25) is 5.91 Å². The molecule has 3 fully saturated rings. The summed E-state index contributed by atoms with van der Waals surface area (Å²) in [6.45, 7) is 3.09. The second-order valence-corrected chi connectivity index (χ2v) is 11.0. The number of piperazine rings is 1. The van der Waals surface area contributed by atoms with Gasteiger partial charge in [0.1, 0.15) is 34.3 Å². The number of nitriles is 2. The maximum absolute atomic E-state index is 12.5. The lowest BCUT2D eigenvalue weighted by molar-refractivity contribution is -0.140. The van der Waals surface area contributed by atoms with Gasteiger partial charge in [0.25, 0.3) is 0 Å². The molecule has 196 valence electrons. The molecule has 0 bridgehead atoms. The van der Waals surface area contributed by atoms with Crippen molar-refractivity contribution in [1.82, 2.24) is 15.2 Å². The number of primary amides is 1. The molecule has 1 amide bonds. The van der Waals surface area contributed by atoms with Crippen molar-refractivity contribution in [1.29, 1.82) is 10.5 Å². The summed E-state index contributed by atoms with van der Waals surface area (Å²) in [5.74, 6) is -0.733. The number of aliphatic carboxylic acids is 1. The minimum Gasteiger partial charge on any atom is -0.480 e. The topological polar surface area (TPSA) is 159 Å². The largest absolute Gasteiger partial charge is 0.480 e. The number of nitrogens with one attached hydrogen (secondary N) is 1. The fourth-order valence-corrected chi connectivity index (χ4v) is 6.56. The predicted molar refractivity (Wildman–Crippen MR) is 141 cm³/mol. The molecule has 5 rings (SSSR count). The van der Waals surface area contributed by atoms with Crippen LogP contribution < -0.4 is 16.0 Å². The van der Waals surface area contributed by atoms with E-state index in [0.29, 0.717) is 60.3 Å². The van der Waals surface area contributed by atoms with E-state index in [1.165, 1.54) is 0 Å². The summed E-state index contributed by atoms with van der Waals surface area (Å²) in [6.07, 6.45) is 2.57. The SMILES string of the molecule is N#Cc1c(SC(C(N)=O)c2ccccc2)nc(N2CCN(C3CCNC3C(=O)O)CC2)c(C#N)c1C1CC1. The van der Waals surface area contributed by atoms with Crippen LogP contribution in [0.3, 0.4) is 0 Å². The third-order valence-corrected chi connectivity index (χ3v) is 8.78. The number of nitrogens with zero attached hydrogens (tertiary/aromatic N) is 5. The summed E-state index contributed by atoms with van der Waals surface area (Å²) < 4.78 is 0. The molecule has 3 aliphatic rings. The molecule has 1 aliphatic carbocycles. The molecular weight excluding hydrogens is 502 g/mol. The van der Waals surface area contributed by atoms with Gasteiger partial charge < -0.3 is 21.1 Å². The van der Waals surface area contributed by atoms with Gasteiger partial charge >= 0.3 is 5.97 Å². The van der Waals surface area contributed by atoms with Crippen molar-refractivity contribution in [2.24, 2.45) is 5.73 Å². The first-order valence-corrected chi connectivity index (χ1v) is 13.6. The number of aromatic nitrogens is 1. The van der Waals surface area contributed by atoms with E-state index in [-0.39, 0.29) is 12.0 Å². The van der Waals surface area contributed by atoms with Gasteiger partial charge in [-0.05, 0) is 42.9 Å². The zero-order chi connectivity index (χ0) is 26.8. The molecule has 4 N–H and O–H groups in total. The molecule has 0 radical (unpaired) electrons. The van der Waals surface area contributed by atoms with Crippen LogP contribution in [0.15, 0.2) is 35.4 Å². The Kier molecular flexibility index (Phi) is 7.52. The molecule has 2 aliphatic heterocycles. The van der Waals surface area contributed by atoms with Crippen LogP contribution in [0.4, 0.5) is 5.82 Å². The summed E-state index contributed by atoms with van der Waals surface area (Å²) >= 11 is 1.15. The van der Waals surface area contributed by atoms with E-state index >= 15 is 0 Å². The number of rotatable bonds is 8. The molecular formula is C27H29N7O3S. The average Bonchev–Trinajstić information content (AvgIpc) is 3.65. The first kappa shape index (κ1) is 26.0. The lowest BCUT2D eigenvalue weighted by Gasteiger charge is -2.40. The molecule has 38 heavy (non-hydrogen) atoms. The number of benzene rings is 1.